The molecule has 0 radical (unpaired) electrons. The molecule has 3 heteroatoms. The average molecular weight is 427 g/mol. The van der Waals surface area contributed by atoms with E-state index >= 15 is 0 Å². The van der Waals surface area contributed by atoms with E-state index in [0.717, 1.165) is 12.8 Å². The maximum atomic E-state index is 6.44. The normalized spacial score (nSPS) is 12.3. The van der Waals surface area contributed by atoms with E-state index in [1.54, 1.807) is 0 Å². The van der Waals surface area contributed by atoms with Crippen LogP contribution in [0.5, 0.6) is 0 Å². The molecule has 0 aliphatic heterocycles. The Balaban J connectivity index is 2.60. The highest BCUT2D eigenvalue weighted by Crippen LogP contribution is 2.49. The summed E-state index contributed by atoms with van der Waals surface area (Å²) in [6, 6.07) is 21.3. The molecule has 0 fully saturated rings. The first-order chi connectivity index (χ1) is 15.2. The van der Waals surface area contributed by atoms with Crippen molar-refractivity contribution in [3.8, 4) is 0 Å². The lowest BCUT2D eigenvalue weighted by atomic mass is 9.68. The summed E-state index contributed by atoms with van der Waals surface area (Å²) in [6.07, 6.45) is 8.31. The average Bonchev–Trinajstić information content (AvgIpc) is 2.80. The molecule has 0 N–H and O–H groups in total. The second-order valence-corrected chi connectivity index (χ2v) is 8.01. The molecule has 0 bridgehead atoms. The third-order valence-corrected chi connectivity index (χ3v) is 5.96. The second kappa shape index (κ2) is 13.7. The summed E-state index contributed by atoms with van der Waals surface area (Å²) >= 11 is 0. The van der Waals surface area contributed by atoms with Crippen LogP contribution in [0.3, 0.4) is 0 Å². The van der Waals surface area contributed by atoms with Gasteiger partial charge in [0.2, 0.25) is 0 Å². The van der Waals surface area contributed by atoms with Crippen molar-refractivity contribution in [3.63, 3.8) is 0 Å². The van der Waals surface area contributed by atoms with Crippen LogP contribution in [0.4, 0.5) is 0 Å². The lowest BCUT2D eigenvalue weighted by Gasteiger charge is -2.49. The highest BCUT2D eigenvalue weighted by molar-refractivity contribution is 5.42. The predicted molar refractivity (Wildman–Crippen MR) is 129 cm³/mol. The fraction of sp³-hybridized carbons (Fsp3) is 0.571. The molecule has 0 saturated heterocycles. The van der Waals surface area contributed by atoms with Crippen molar-refractivity contribution in [1.29, 1.82) is 0 Å². The number of rotatable bonds is 16. The van der Waals surface area contributed by atoms with Gasteiger partial charge in [-0.15, -0.1) is 0 Å². The Hall–Kier alpha value is -1.68. The minimum absolute atomic E-state index is 0.512. The van der Waals surface area contributed by atoms with E-state index in [9.17, 15) is 0 Å². The minimum atomic E-state index is -1.18. The summed E-state index contributed by atoms with van der Waals surface area (Å²) in [4.78, 5) is 0. The van der Waals surface area contributed by atoms with Gasteiger partial charge in [0, 0.05) is 19.8 Å². The summed E-state index contributed by atoms with van der Waals surface area (Å²) in [5, 5.41) is 0. The molecule has 0 aliphatic rings. The molecule has 2 rings (SSSR count). The summed E-state index contributed by atoms with van der Waals surface area (Å²) in [5.74, 6) is -1.18. The van der Waals surface area contributed by atoms with E-state index in [1.165, 1.54) is 43.2 Å². The Morgan fingerprint density at radius 2 is 0.968 bits per heavy atom. The minimum Gasteiger partial charge on any atom is -0.327 e. The Labute approximate surface area is 190 Å². The van der Waals surface area contributed by atoms with Crippen molar-refractivity contribution < 1.29 is 14.2 Å². The van der Waals surface area contributed by atoms with Crippen LogP contribution in [0.2, 0.25) is 0 Å². The van der Waals surface area contributed by atoms with Crippen LogP contribution >= 0.6 is 0 Å². The van der Waals surface area contributed by atoms with Gasteiger partial charge in [0.15, 0.2) is 0 Å². The van der Waals surface area contributed by atoms with Gasteiger partial charge in [0.05, 0.1) is 0 Å². The van der Waals surface area contributed by atoms with Crippen molar-refractivity contribution in [1.82, 2.24) is 0 Å². The molecule has 172 valence electrons. The van der Waals surface area contributed by atoms with Gasteiger partial charge in [0.25, 0.3) is 5.97 Å². The number of hydrogen-bond donors (Lipinski definition) is 0. The molecule has 3 nitrogen and oxygen atoms in total. The van der Waals surface area contributed by atoms with Crippen molar-refractivity contribution in [2.75, 3.05) is 19.8 Å². The lowest BCUT2D eigenvalue weighted by Crippen LogP contribution is -2.58. The number of benzene rings is 2. The standard InChI is InChI=1S/C28H42O3/c1-5-9-10-11-12-19-24-27(25-20-15-13-16-21-25,26-22-17-14-18-23-26)28(29-6-2,30-7-3)31-8-4/h13-18,20-23H,5-12,19,24H2,1-4H3. The molecular formula is C28H42O3. The van der Waals surface area contributed by atoms with Crippen LogP contribution in [0.1, 0.15) is 83.8 Å². The molecule has 2 aromatic carbocycles. The van der Waals surface area contributed by atoms with Gasteiger partial charge < -0.3 is 14.2 Å². The molecule has 0 atom stereocenters. The van der Waals surface area contributed by atoms with Gasteiger partial charge in [-0.2, -0.15) is 0 Å². The summed E-state index contributed by atoms with van der Waals surface area (Å²) < 4.78 is 19.3. The molecule has 0 unspecified atom stereocenters. The molecule has 0 aliphatic carbocycles. The van der Waals surface area contributed by atoms with Crippen molar-refractivity contribution in [3.05, 3.63) is 71.8 Å². The van der Waals surface area contributed by atoms with E-state index in [1.807, 2.05) is 20.8 Å². The zero-order valence-corrected chi connectivity index (χ0v) is 20.1. The zero-order chi connectivity index (χ0) is 22.4. The molecular weight excluding hydrogens is 384 g/mol. The van der Waals surface area contributed by atoms with E-state index in [0.29, 0.717) is 19.8 Å². The topological polar surface area (TPSA) is 27.7 Å². The summed E-state index contributed by atoms with van der Waals surface area (Å²) in [5.41, 5.74) is 1.78. The molecule has 0 amide bonds. The summed E-state index contributed by atoms with van der Waals surface area (Å²) in [7, 11) is 0. The molecule has 0 aromatic heterocycles. The van der Waals surface area contributed by atoms with Crippen LogP contribution in [0.15, 0.2) is 60.7 Å². The van der Waals surface area contributed by atoms with Crippen molar-refractivity contribution in [2.24, 2.45) is 0 Å². The molecule has 0 spiro atoms. The smallest absolute Gasteiger partial charge is 0.297 e. The van der Waals surface area contributed by atoms with Crippen molar-refractivity contribution in [2.45, 2.75) is 84.0 Å². The Morgan fingerprint density at radius 3 is 1.39 bits per heavy atom. The van der Waals surface area contributed by atoms with E-state index < -0.39 is 11.4 Å². The predicted octanol–water partition coefficient (Wildman–Crippen LogP) is 7.49. The molecule has 0 saturated carbocycles. The number of ether oxygens (including phenoxy) is 3. The van der Waals surface area contributed by atoms with E-state index in [-0.39, 0.29) is 0 Å². The summed E-state index contributed by atoms with van der Waals surface area (Å²) in [6.45, 7) is 9.83. The SMILES string of the molecule is CCCCCCCCC(c1ccccc1)(c1ccccc1)C(OCC)(OCC)OCC. The van der Waals surface area contributed by atoms with Gasteiger partial charge in [-0.1, -0.05) is 106 Å². The van der Waals surface area contributed by atoms with Gasteiger partial charge in [-0.25, -0.2) is 0 Å². The Bertz CT molecular complexity index is 642. The zero-order valence-electron chi connectivity index (χ0n) is 20.1. The van der Waals surface area contributed by atoms with Gasteiger partial charge in [0.1, 0.15) is 5.41 Å². The van der Waals surface area contributed by atoms with Crippen LogP contribution in [-0.4, -0.2) is 25.8 Å². The fourth-order valence-electron chi connectivity index (χ4n) is 4.64. The first-order valence-electron chi connectivity index (χ1n) is 12.2. The third-order valence-electron chi connectivity index (χ3n) is 5.96. The fourth-order valence-corrected chi connectivity index (χ4v) is 4.64. The molecule has 31 heavy (non-hydrogen) atoms. The van der Waals surface area contributed by atoms with Crippen LogP contribution in [0, 0.1) is 0 Å². The first kappa shape index (κ1) is 25.6. The monoisotopic (exact) mass is 426 g/mol. The van der Waals surface area contributed by atoms with Crippen LogP contribution in [0.25, 0.3) is 0 Å². The molecule has 2 aromatic rings. The van der Waals surface area contributed by atoms with Gasteiger partial charge >= 0.3 is 0 Å². The second-order valence-electron chi connectivity index (χ2n) is 8.01. The van der Waals surface area contributed by atoms with Crippen LogP contribution in [-0.2, 0) is 19.6 Å². The Morgan fingerprint density at radius 1 is 0.548 bits per heavy atom. The largest absolute Gasteiger partial charge is 0.327 e. The highest BCUT2D eigenvalue weighted by Gasteiger charge is 2.57. The van der Waals surface area contributed by atoms with Crippen LogP contribution < -0.4 is 0 Å². The van der Waals surface area contributed by atoms with E-state index in [4.69, 9.17) is 14.2 Å². The highest BCUT2D eigenvalue weighted by atomic mass is 16.9. The quantitative estimate of drug-likeness (QED) is 0.206. The maximum absolute atomic E-state index is 6.44. The number of hydrogen-bond acceptors (Lipinski definition) is 3. The van der Waals surface area contributed by atoms with E-state index in [2.05, 4.69) is 67.6 Å². The van der Waals surface area contributed by atoms with Crippen molar-refractivity contribution >= 4 is 0 Å². The maximum Gasteiger partial charge on any atom is 0.297 e. The molecule has 0 heterocycles. The Kier molecular flexibility index (Phi) is 11.3. The number of unbranched alkanes of at least 4 members (excludes halogenated alkanes) is 5. The third kappa shape index (κ3) is 6.19. The van der Waals surface area contributed by atoms with Gasteiger partial charge in [-0.05, 0) is 38.3 Å². The first-order valence-corrected chi connectivity index (χ1v) is 12.2. The lowest BCUT2D eigenvalue weighted by molar-refractivity contribution is -0.404. The van der Waals surface area contributed by atoms with Gasteiger partial charge in [-0.3, -0.25) is 0 Å².